The van der Waals surface area contributed by atoms with Crippen molar-refractivity contribution in [2.24, 2.45) is 0 Å². The Morgan fingerprint density at radius 2 is 1.77 bits per heavy atom. The van der Waals surface area contributed by atoms with Crippen molar-refractivity contribution in [3.63, 3.8) is 0 Å². The molecule has 1 N–H and O–H groups in total. The zero-order chi connectivity index (χ0) is 17.8. The number of nitrogens with one attached hydrogen (secondary N) is 1. The van der Waals surface area contributed by atoms with E-state index in [-0.39, 0.29) is 5.91 Å². The summed E-state index contributed by atoms with van der Waals surface area (Å²) in [7, 11) is 0. The lowest BCUT2D eigenvalue weighted by Gasteiger charge is -2.19. The van der Waals surface area contributed by atoms with Gasteiger partial charge in [0.1, 0.15) is 0 Å². The fourth-order valence-electron chi connectivity index (χ4n) is 3.32. The molecular weight excluding hydrogens is 328 g/mol. The zero-order valence-electron chi connectivity index (χ0n) is 14.6. The molecule has 3 heterocycles. The van der Waals surface area contributed by atoms with E-state index >= 15 is 0 Å². The lowest BCUT2D eigenvalue weighted by Crippen LogP contribution is -2.23. The first-order valence-electron chi connectivity index (χ1n) is 9.08. The van der Waals surface area contributed by atoms with E-state index in [9.17, 15) is 4.79 Å². The Kier molecular flexibility index (Phi) is 4.88. The molecular formula is C19H22N6O. The van der Waals surface area contributed by atoms with Crippen LogP contribution in [0.2, 0.25) is 0 Å². The van der Waals surface area contributed by atoms with Crippen molar-refractivity contribution in [1.29, 1.82) is 0 Å². The van der Waals surface area contributed by atoms with Gasteiger partial charge in [0.25, 0.3) is 5.91 Å². The molecule has 0 radical (unpaired) electrons. The van der Waals surface area contributed by atoms with Gasteiger partial charge < -0.3 is 5.32 Å². The highest BCUT2D eigenvalue weighted by molar-refractivity contribution is 6.04. The third-order valence-electron chi connectivity index (χ3n) is 4.77. The van der Waals surface area contributed by atoms with Crippen molar-refractivity contribution in [2.75, 3.05) is 18.4 Å². The Labute approximate surface area is 152 Å². The predicted molar refractivity (Wildman–Crippen MR) is 98.9 cm³/mol. The molecule has 134 valence electrons. The molecule has 26 heavy (non-hydrogen) atoms. The predicted octanol–water partition coefficient (Wildman–Crippen LogP) is 2.75. The zero-order valence-corrected chi connectivity index (χ0v) is 14.6. The normalized spacial score (nSPS) is 15.7. The number of fused-ring (bicyclic) bond motifs is 1. The van der Waals surface area contributed by atoms with Crippen molar-refractivity contribution >= 4 is 17.2 Å². The lowest BCUT2D eigenvalue weighted by molar-refractivity contribution is 0.102. The van der Waals surface area contributed by atoms with Crippen molar-refractivity contribution in [3.05, 3.63) is 53.7 Å². The van der Waals surface area contributed by atoms with E-state index in [2.05, 4.69) is 37.9 Å². The van der Waals surface area contributed by atoms with E-state index in [1.165, 1.54) is 48.9 Å². The number of tetrazole rings is 1. The second-order valence-electron chi connectivity index (χ2n) is 6.74. The van der Waals surface area contributed by atoms with Crippen LogP contribution in [0.3, 0.4) is 0 Å². The Morgan fingerprint density at radius 3 is 2.54 bits per heavy atom. The summed E-state index contributed by atoms with van der Waals surface area (Å²) >= 11 is 0. The van der Waals surface area contributed by atoms with E-state index in [0.717, 1.165) is 12.2 Å². The van der Waals surface area contributed by atoms with Crippen LogP contribution in [0, 0.1) is 0 Å². The van der Waals surface area contributed by atoms with Crippen LogP contribution in [0.1, 0.15) is 41.6 Å². The Balaban J connectivity index is 1.39. The summed E-state index contributed by atoms with van der Waals surface area (Å²) in [6, 6.07) is 11.5. The fraction of sp³-hybridized carbons (Fsp3) is 0.368. The highest BCUT2D eigenvalue weighted by Crippen LogP contribution is 2.16. The average Bonchev–Trinajstić information content (AvgIpc) is 2.99. The topological polar surface area (TPSA) is 75.4 Å². The van der Waals surface area contributed by atoms with Gasteiger partial charge in [-0.25, -0.2) is 0 Å². The third-order valence-corrected chi connectivity index (χ3v) is 4.77. The number of nitrogens with zero attached hydrogens (tertiary/aromatic N) is 5. The minimum atomic E-state index is -0.178. The molecule has 3 aromatic rings. The number of amides is 1. The summed E-state index contributed by atoms with van der Waals surface area (Å²) in [5, 5.41) is 14.1. The monoisotopic (exact) mass is 350 g/mol. The van der Waals surface area contributed by atoms with Crippen LogP contribution in [0.25, 0.3) is 5.65 Å². The van der Waals surface area contributed by atoms with Gasteiger partial charge in [-0.1, -0.05) is 25.0 Å². The SMILES string of the molecule is O=C(Nc1ccc(CN2CCCCCC2)cc1)c1ccc2nnnn2c1. The summed E-state index contributed by atoms with van der Waals surface area (Å²) < 4.78 is 1.49. The second kappa shape index (κ2) is 7.61. The van der Waals surface area contributed by atoms with Gasteiger partial charge in [0, 0.05) is 18.4 Å². The molecule has 2 aromatic heterocycles. The fourth-order valence-corrected chi connectivity index (χ4v) is 3.32. The molecule has 0 aliphatic carbocycles. The number of rotatable bonds is 4. The maximum Gasteiger partial charge on any atom is 0.257 e. The van der Waals surface area contributed by atoms with Gasteiger partial charge in [-0.2, -0.15) is 4.52 Å². The van der Waals surface area contributed by atoms with Crippen molar-refractivity contribution in [1.82, 2.24) is 24.9 Å². The maximum atomic E-state index is 12.4. The van der Waals surface area contributed by atoms with E-state index < -0.39 is 0 Å². The molecule has 1 amide bonds. The largest absolute Gasteiger partial charge is 0.322 e. The molecule has 1 aliphatic heterocycles. The summed E-state index contributed by atoms with van der Waals surface area (Å²) in [4.78, 5) is 14.9. The van der Waals surface area contributed by atoms with Gasteiger partial charge in [-0.05, 0) is 66.2 Å². The van der Waals surface area contributed by atoms with Crippen LogP contribution < -0.4 is 5.32 Å². The molecule has 1 aliphatic rings. The summed E-state index contributed by atoms with van der Waals surface area (Å²) in [5.41, 5.74) is 3.18. The molecule has 0 saturated carbocycles. The number of hydrogen-bond donors (Lipinski definition) is 1. The van der Waals surface area contributed by atoms with Crippen LogP contribution in [0.5, 0.6) is 0 Å². The molecule has 0 unspecified atom stereocenters. The van der Waals surface area contributed by atoms with E-state index in [4.69, 9.17) is 0 Å². The molecule has 0 spiro atoms. The number of likely N-dealkylation sites (tertiary alicyclic amines) is 1. The minimum absolute atomic E-state index is 0.178. The molecule has 7 nitrogen and oxygen atoms in total. The first-order valence-corrected chi connectivity index (χ1v) is 9.08. The van der Waals surface area contributed by atoms with Crippen molar-refractivity contribution in [2.45, 2.75) is 32.2 Å². The third kappa shape index (κ3) is 3.88. The molecule has 4 rings (SSSR count). The quantitative estimate of drug-likeness (QED) is 0.783. The maximum absolute atomic E-state index is 12.4. The summed E-state index contributed by atoms with van der Waals surface area (Å²) in [5.74, 6) is -0.178. The first-order chi connectivity index (χ1) is 12.8. The Bertz CT molecular complexity index is 880. The van der Waals surface area contributed by atoms with Crippen LogP contribution >= 0.6 is 0 Å². The minimum Gasteiger partial charge on any atom is -0.322 e. The van der Waals surface area contributed by atoms with E-state index in [1.54, 1.807) is 18.3 Å². The molecule has 1 fully saturated rings. The Morgan fingerprint density at radius 1 is 1.00 bits per heavy atom. The average molecular weight is 350 g/mol. The number of pyridine rings is 1. The second-order valence-corrected chi connectivity index (χ2v) is 6.74. The van der Waals surface area contributed by atoms with E-state index in [0.29, 0.717) is 11.2 Å². The standard InChI is InChI=1S/C19H22N6O/c26-19(16-7-10-18-21-22-23-25(18)14-16)20-17-8-5-15(6-9-17)13-24-11-3-1-2-4-12-24/h5-10,14H,1-4,11-13H2,(H,20,26). The highest BCUT2D eigenvalue weighted by atomic mass is 16.1. The van der Waals surface area contributed by atoms with Gasteiger partial charge in [0.2, 0.25) is 0 Å². The van der Waals surface area contributed by atoms with Gasteiger partial charge in [-0.15, -0.1) is 5.10 Å². The molecule has 1 saturated heterocycles. The van der Waals surface area contributed by atoms with Crippen molar-refractivity contribution in [3.8, 4) is 0 Å². The smallest absolute Gasteiger partial charge is 0.257 e. The number of anilines is 1. The van der Waals surface area contributed by atoms with Crippen LogP contribution in [-0.2, 0) is 6.54 Å². The number of hydrogen-bond acceptors (Lipinski definition) is 5. The lowest BCUT2D eigenvalue weighted by atomic mass is 10.2. The molecule has 1 aromatic carbocycles. The van der Waals surface area contributed by atoms with Gasteiger partial charge in [0.15, 0.2) is 5.65 Å². The van der Waals surface area contributed by atoms with Gasteiger partial charge >= 0.3 is 0 Å². The van der Waals surface area contributed by atoms with Gasteiger partial charge in [-0.3, -0.25) is 9.69 Å². The van der Waals surface area contributed by atoms with Crippen LogP contribution in [0.4, 0.5) is 5.69 Å². The van der Waals surface area contributed by atoms with Gasteiger partial charge in [0.05, 0.1) is 5.56 Å². The Hall–Kier alpha value is -2.80. The molecule has 0 atom stereocenters. The van der Waals surface area contributed by atoms with Crippen LogP contribution in [0.15, 0.2) is 42.6 Å². The number of benzene rings is 1. The van der Waals surface area contributed by atoms with E-state index in [1.807, 2.05) is 12.1 Å². The molecule has 7 heteroatoms. The summed E-state index contributed by atoms with van der Waals surface area (Å²) in [6.45, 7) is 3.33. The number of aromatic nitrogens is 4. The number of carbonyl (C=O) groups is 1. The van der Waals surface area contributed by atoms with Crippen LogP contribution in [-0.4, -0.2) is 43.9 Å². The highest BCUT2D eigenvalue weighted by Gasteiger charge is 2.11. The molecule has 0 bridgehead atoms. The van der Waals surface area contributed by atoms with Crippen molar-refractivity contribution < 1.29 is 4.79 Å². The summed E-state index contributed by atoms with van der Waals surface area (Å²) in [6.07, 6.45) is 6.90. The number of carbonyl (C=O) groups excluding carboxylic acids is 1. The first kappa shape index (κ1) is 16.7.